The lowest BCUT2D eigenvalue weighted by atomic mass is 9.68. The molecule has 1 aliphatic carbocycles. The smallest absolute Gasteiger partial charge is 0.137 e. The minimum absolute atomic E-state index is 0. The van der Waals surface area contributed by atoms with E-state index in [1.54, 1.807) is 6.33 Å². The van der Waals surface area contributed by atoms with Crippen molar-refractivity contribution in [3.8, 4) is 0 Å². The Morgan fingerprint density at radius 3 is 2.36 bits per heavy atom. The van der Waals surface area contributed by atoms with Crippen LogP contribution in [-0.2, 0) is 5.41 Å². The van der Waals surface area contributed by atoms with Crippen LogP contribution in [0.15, 0.2) is 36.9 Å². The van der Waals surface area contributed by atoms with Crippen molar-refractivity contribution in [2.75, 3.05) is 19.6 Å². The minimum Gasteiger partial charge on any atom is -0.330 e. The van der Waals surface area contributed by atoms with Gasteiger partial charge in [0, 0.05) is 36.1 Å². The molecule has 8 heteroatoms. The van der Waals surface area contributed by atoms with Gasteiger partial charge in [-0.15, -0.1) is 24.8 Å². The molecule has 0 bridgehead atoms. The number of likely N-dealkylation sites (tertiary alicyclic amines) is 1. The maximum absolute atomic E-state index is 6.24. The molecular weight excluding hydrogens is 417 g/mol. The Morgan fingerprint density at radius 1 is 1.07 bits per heavy atom. The molecule has 4 rings (SSSR count). The number of halogens is 3. The zero-order valence-corrected chi connectivity index (χ0v) is 18.4. The molecule has 2 aromatic rings. The first-order valence-electron chi connectivity index (χ1n) is 9.74. The first-order valence-corrected chi connectivity index (χ1v) is 10.1. The maximum Gasteiger partial charge on any atom is 0.137 e. The van der Waals surface area contributed by atoms with Crippen LogP contribution in [0.1, 0.15) is 50.1 Å². The fraction of sp³-hybridized carbons (Fsp3) is 0.600. The molecule has 2 aliphatic rings. The lowest BCUT2D eigenvalue weighted by Crippen LogP contribution is -2.48. The summed E-state index contributed by atoms with van der Waals surface area (Å²) in [5.41, 5.74) is 7.66. The van der Waals surface area contributed by atoms with Crippen LogP contribution in [0.5, 0.6) is 0 Å². The minimum atomic E-state index is 0. The highest BCUT2D eigenvalue weighted by atomic mass is 35.5. The monoisotopic (exact) mass is 445 g/mol. The largest absolute Gasteiger partial charge is 0.330 e. The van der Waals surface area contributed by atoms with E-state index < -0.39 is 0 Å². The summed E-state index contributed by atoms with van der Waals surface area (Å²) in [7, 11) is 0. The summed E-state index contributed by atoms with van der Waals surface area (Å²) in [6.45, 7) is 3.01. The number of benzene rings is 1. The highest BCUT2D eigenvalue weighted by Crippen LogP contribution is 2.41. The second kappa shape index (κ2) is 10.3. The van der Waals surface area contributed by atoms with Gasteiger partial charge in [-0.3, -0.25) is 0 Å². The number of hydrogen-bond acceptors (Lipinski definition) is 4. The Balaban J connectivity index is 0.00000140. The van der Waals surface area contributed by atoms with Gasteiger partial charge < -0.3 is 10.6 Å². The van der Waals surface area contributed by atoms with E-state index in [0.29, 0.717) is 18.6 Å². The fourth-order valence-corrected chi connectivity index (χ4v) is 5.06. The van der Waals surface area contributed by atoms with Crippen molar-refractivity contribution in [3.63, 3.8) is 0 Å². The molecule has 0 amide bonds. The third-order valence-electron chi connectivity index (χ3n) is 6.57. The van der Waals surface area contributed by atoms with Gasteiger partial charge in [-0.2, -0.15) is 5.10 Å². The normalized spacial score (nSPS) is 26.3. The van der Waals surface area contributed by atoms with Crippen LogP contribution in [0.3, 0.4) is 0 Å². The standard InChI is InChI=1S/C20H28ClN5.2ClH/c21-17-3-1-2-16(12-17)20(13-22)8-4-18(5-9-20)25-10-6-19(7-11-25)26-15-23-14-24-26;;/h1-3,12,14-15,18-19H,4-11,13,22H2;2*1H/t18-,20+;;. The van der Waals surface area contributed by atoms with E-state index in [0.717, 1.165) is 43.8 Å². The van der Waals surface area contributed by atoms with Crippen LogP contribution in [0.25, 0.3) is 0 Å². The molecule has 0 radical (unpaired) electrons. The zero-order valence-electron chi connectivity index (χ0n) is 16.0. The molecule has 1 aromatic carbocycles. The average Bonchev–Trinajstić information content (AvgIpc) is 3.23. The Kier molecular flexibility index (Phi) is 8.59. The number of piperidine rings is 1. The second-order valence-corrected chi connectivity index (χ2v) is 8.31. The Bertz CT molecular complexity index is 708. The summed E-state index contributed by atoms with van der Waals surface area (Å²) in [6, 6.07) is 9.49. The zero-order chi connectivity index (χ0) is 18.0. The SMILES string of the molecule is Cl.Cl.NC[C@]1(c2cccc(Cl)c2)CC[C@@H](N2CCC(n3cncn3)CC2)CC1. The molecule has 0 spiro atoms. The van der Waals surface area contributed by atoms with Gasteiger partial charge in [-0.1, -0.05) is 23.7 Å². The number of aromatic nitrogens is 3. The highest BCUT2D eigenvalue weighted by Gasteiger charge is 2.38. The summed E-state index contributed by atoms with van der Waals surface area (Å²) >= 11 is 6.23. The van der Waals surface area contributed by atoms with Gasteiger partial charge >= 0.3 is 0 Å². The molecule has 1 saturated heterocycles. The van der Waals surface area contributed by atoms with Crippen molar-refractivity contribution < 1.29 is 0 Å². The lowest BCUT2D eigenvalue weighted by molar-refractivity contribution is 0.0870. The van der Waals surface area contributed by atoms with E-state index in [9.17, 15) is 0 Å². The van der Waals surface area contributed by atoms with Crippen LogP contribution in [0.4, 0.5) is 0 Å². The van der Waals surface area contributed by atoms with Gasteiger partial charge in [0.25, 0.3) is 0 Å². The van der Waals surface area contributed by atoms with E-state index in [4.69, 9.17) is 17.3 Å². The number of nitrogens with two attached hydrogens (primary N) is 1. The van der Waals surface area contributed by atoms with Gasteiger partial charge in [0.05, 0.1) is 6.04 Å². The molecule has 28 heavy (non-hydrogen) atoms. The molecule has 2 fully saturated rings. The van der Waals surface area contributed by atoms with E-state index in [1.807, 2.05) is 17.1 Å². The lowest BCUT2D eigenvalue weighted by Gasteiger charge is -2.45. The van der Waals surface area contributed by atoms with Crippen LogP contribution < -0.4 is 5.73 Å². The predicted octanol–water partition coefficient (Wildman–Crippen LogP) is 4.25. The first kappa shape index (κ1) is 23.4. The molecular formula is C20H30Cl3N5. The topological polar surface area (TPSA) is 60.0 Å². The quantitative estimate of drug-likeness (QED) is 0.762. The van der Waals surface area contributed by atoms with Crippen molar-refractivity contribution in [2.24, 2.45) is 5.73 Å². The van der Waals surface area contributed by atoms with E-state index in [1.165, 1.54) is 18.4 Å². The van der Waals surface area contributed by atoms with E-state index in [-0.39, 0.29) is 30.2 Å². The fourth-order valence-electron chi connectivity index (χ4n) is 4.87. The van der Waals surface area contributed by atoms with Gasteiger partial charge in [0.15, 0.2) is 0 Å². The Hall–Kier alpha value is -0.850. The molecule has 1 saturated carbocycles. The summed E-state index contributed by atoms with van der Waals surface area (Å²) in [6.07, 6.45) is 10.5. The van der Waals surface area contributed by atoms with Gasteiger partial charge in [0.2, 0.25) is 0 Å². The van der Waals surface area contributed by atoms with E-state index in [2.05, 4.69) is 33.2 Å². The summed E-state index contributed by atoms with van der Waals surface area (Å²) < 4.78 is 2.02. The van der Waals surface area contributed by atoms with Crippen LogP contribution in [-0.4, -0.2) is 45.3 Å². The third-order valence-corrected chi connectivity index (χ3v) is 6.80. The average molecular weight is 447 g/mol. The number of nitrogens with zero attached hydrogens (tertiary/aromatic N) is 4. The predicted molar refractivity (Wildman–Crippen MR) is 119 cm³/mol. The summed E-state index contributed by atoms with van der Waals surface area (Å²) in [5, 5.41) is 5.12. The molecule has 2 heterocycles. The Labute approximate surface area is 184 Å². The molecule has 5 nitrogen and oxygen atoms in total. The van der Waals surface area contributed by atoms with Crippen molar-refractivity contribution in [1.82, 2.24) is 19.7 Å². The maximum atomic E-state index is 6.24. The van der Waals surface area contributed by atoms with Gasteiger partial charge in [-0.25, -0.2) is 9.67 Å². The molecule has 0 unspecified atom stereocenters. The molecule has 156 valence electrons. The second-order valence-electron chi connectivity index (χ2n) is 7.87. The Morgan fingerprint density at radius 2 is 1.79 bits per heavy atom. The number of rotatable bonds is 4. The molecule has 1 aromatic heterocycles. The first-order chi connectivity index (χ1) is 12.7. The van der Waals surface area contributed by atoms with Crippen molar-refractivity contribution >= 4 is 36.4 Å². The number of hydrogen-bond donors (Lipinski definition) is 1. The van der Waals surface area contributed by atoms with Crippen LogP contribution >= 0.6 is 36.4 Å². The highest BCUT2D eigenvalue weighted by molar-refractivity contribution is 6.30. The van der Waals surface area contributed by atoms with Crippen LogP contribution in [0, 0.1) is 0 Å². The molecule has 2 N–H and O–H groups in total. The third kappa shape index (κ3) is 4.82. The van der Waals surface area contributed by atoms with Crippen LogP contribution in [0.2, 0.25) is 5.02 Å². The van der Waals surface area contributed by atoms with Gasteiger partial charge in [0.1, 0.15) is 12.7 Å². The summed E-state index contributed by atoms with van der Waals surface area (Å²) in [5.74, 6) is 0. The van der Waals surface area contributed by atoms with Crippen molar-refractivity contribution in [2.45, 2.75) is 56.0 Å². The van der Waals surface area contributed by atoms with Gasteiger partial charge in [-0.05, 0) is 56.2 Å². The van der Waals surface area contributed by atoms with Crippen molar-refractivity contribution in [3.05, 3.63) is 47.5 Å². The summed E-state index contributed by atoms with van der Waals surface area (Å²) in [4.78, 5) is 6.77. The molecule has 1 aliphatic heterocycles. The molecule has 0 atom stereocenters. The van der Waals surface area contributed by atoms with Crippen molar-refractivity contribution in [1.29, 1.82) is 0 Å². The van der Waals surface area contributed by atoms with E-state index >= 15 is 0 Å².